The summed E-state index contributed by atoms with van der Waals surface area (Å²) in [6.45, 7) is 2.09. The minimum Gasteiger partial charge on any atom is -0.490 e. The summed E-state index contributed by atoms with van der Waals surface area (Å²) in [6, 6.07) is 4.32. The Morgan fingerprint density at radius 2 is 2.28 bits per heavy atom. The summed E-state index contributed by atoms with van der Waals surface area (Å²) < 4.78 is 24.2. The van der Waals surface area contributed by atoms with Crippen molar-refractivity contribution in [1.29, 1.82) is 0 Å². The molecular weight excluding hydrogens is 307 g/mol. The van der Waals surface area contributed by atoms with Crippen molar-refractivity contribution in [2.75, 3.05) is 13.2 Å². The molecule has 1 aromatic carbocycles. The molecule has 0 spiro atoms. The lowest BCUT2D eigenvalue weighted by molar-refractivity contribution is -0.150. The predicted molar refractivity (Wildman–Crippen MR) is 67.3 cm³/mol. The van der Waals surface area contributed by atoms with Crippen molar-refractivity contribution < 1.29 is 23.8 Å². The van der Waals surface area contributed by atoms with E-state index in [1.807, 2.05) is 0 Å². The van der Waals surface area contributed by atoms with Crippen LogP contribution in [0.4, 0.5) is 4.39 Å². The number of carboxylic acid groups (broad SMARTS) is 1. The minimum absolute atomic E-state index is 0.0738. The van der Waals surface area contributed by atoms with Crippen LogP contribution in [0.1, 0.15) is 13.3 Å². The summed E-state index contributed by atoms with van der Waals surface area (Å²) in [7, 11) is 0. The van der Waals surface area contributed by atoms with Gasteiger partial charge in [0.25, 0.3) is 0 Å². The van der Waals surface area contributed by atoms with Gasteiger partial charge < -0.3 is 14.6 Å². The Bertz CT molecular complexity index is 411. The van der Waals surface area contributed by atoms with E-state index in [4.69, 9.17) is 14.6 Å². The molecule has 0 aliphatic rings. The van der Waals surface area contributed by atoms with Gasteiger partial charge in [-0.2, -0.15) is 0 Å². The molecule has 1 unspecified atom stereocenters. The molecule has 0 amide bonds. The maximum absolute atomic E-state index is 13.3. The molecule has 1 N–H and O–H groups in total. The summed E-state index contributed by atoms with van der Waals surface area (Å²) >= 11 is 3.20. The van der Waals surface area contributed by atoms with Gasteiger partial charge in [-0.1, -0.05) is 15.9 Å². The van der Waals surface area contributed by atoms with Gasteiger partial charge in [0.05, 0.1) is 6.61 Å². The Labute approximate surface area is 113 Å². The Kier molecular flexibility index (Phi) is 6.07. The van der Waals surface area contributed by atoms with E-state index in [1.165, 1.54) is 12.1 Å². The number of aliphatic carboxylic acids is 1. The van der Waals surface area contributed by atoms with E-state index < -0.39 is 17.9 Å². The van der Waals surface area contributed by atoms with E-state index in [-0.39, 0.29) is 18.8 Å². The van der Waals surface area contributed by atoms with Gasteiger partial charge in [-0.05, 0) is 25.1 Å². The third kappa shape index (κ3) is 4.62. The zero-order valence-corrected chi connectivity index (χ0v) is 11.4. The van der Waals surface area contributed by atoms with Crippen molar-refractivity contribution >= 4 is 21.9 Å². The molecule has 1 rings (SSSR count). The minimum atomic E-state index is -1.05. The Morgan fingerprint density at radius 1 is 1.56 bits per heavy atom. The molecule has 0 radical (unpaired) electrons. The topological polar surface area (TPSA) is 55.8 Å². The van der Waals surface area contributed by atoms with Crippen molar-refractivity contribution in [3.05, 3.63) is 28.5 Å². The van der Waals surface area contributed by atoms with E-state index in [9.17, 15) is 9.18 Å². The first-order chi connectivity index (χ1) is 8.54. The van der Waals surface area contributed by atoms with E-state index in [2.05, 4.69) is 15.9 Å². The van der Waals surface area contributed by atoms with Crippen LogP contribution in [0.3, 0.4) is 0 Å². The van der Waals surface area contributed by atoms with Crippen LogP contribution in [-0.4, -0.2) is 30.4 Å². The number of carbonyl (C=O) groups is 1. The maximum Gasteiger partial charge on any atom is 0.332 e. The molecule has 0 saturated carbocycles. The van der Waals surface area contributed by atoms with Gasteiger partial charge in [0, 0.05) is 17.5 Å². The molecule has 0 fully saturated rings. The van der Waals surface area contributed by atoms with E-state index in [1.54, 1.807) is 13.0 Å². The standard InChI is InChI=1S/C12H14BrFO4/c1-2-17-10(12(15)16)5-6-18-11-7-8(13)3-4-9(11)14/h3-4,7,10H,2,5-6H2,1H3,(H,15,16). The lowest BCUT2D eigenvalue weighted by atomic mass is 10.2. The molecule has 18 heavy (non-hydrogen) atoms. The molecule has 0 bridgehead atoms. The number of rotatable bonds is 7. The molecule has 6 heteroatoms. The first kappa shape index (κ1) is 14.9. The number of benzene rings is 1. The molecule has 4 nitrogen and oxygen atoms in total. The van der Waals surface area contributed by atoms with Crippen LogP contribution in [0.5, 0.6) is 5.75 Å². The fraction of sp³-hybridized carbons (Fsp3) is 0.417. The molecule has 1 atom stereocenters. The highest BCUT2D eigenvalue weighted by atomic mass is 79.9. The Hall–Kier alpha value is -1.14. The summed E-state index contributed by atoms with van der Waals surface area (Å²) in [5, 5.41) is 8.84. The molecule has 100 valence electrons. The zero-order valence-electron chi connectivity index (χ0n) is 9.86. The highest BCUT2D eigenvalue weighted by Gasteiger charge is 2.17. The van der Waals surface area contributed by atoms with Gasteiger partial charge in [-0.25, -0.2) is 9.18 Å². The molecule has 0 heterocycles. The number of carboxylic acids is 1. The summed E-state index contributed by atoms with van der Waals surface area (Å²) in [5.74, 6) is -1.44. The number of halogens is 2. The highest BCUT2D eigenvalue weighted by Crippen LogP contribution is 2.22. The fourth-order valence-corrected chi connectivity index (χ4v) is 1.68. The van der Waals surface area contributed by atoms with Crippen molar-refractivity contribution in [2.45, 2.75) is 19.4 Å². The van der Waals surface area contributed by atoms with Crippen LogP contribution in [-0.2, 0) is 9.53 Å². The Morgan fingerprint density at radius 3 is 2.89 bits per heavy atom. The molecule has 0 aliphatic carbocycles. The van der Waals surface area contributed by atoms with Gasteiger partial charge in [0.1, 0.15) is 0 Å². The third-order valence-electron chi connectivity index (χ3n) is 2.17. The van der Waals surface area contributed by atoms with Crippen molar-refractivity contribution in [2.24, 2.45) is 0 Å². The first-order valence-electron chi connectivity index (χ1n) is 5.46. The lowest BCUT2D eigenvalue weighted by Gasteiger charge is -2.13. The number of ether oxygens (including phenoxy) is 2. The van der Waals surface area contributed by atoms with Gasteiger partial charge in [0.2, 0.25) is 0 Å². The molecular formula is C12H14BrFO4. The molecule has 1 aromatic rings. The third-order valence-corrected chi connectivity index (χ3v) is 2.67. The van der Waals surface area contributed by atoms with Crippen molar-refractivity contribution in [3.8, 4) is 5.75 Å². The second-order valence-corrected chi connectivity index (χ2v) is 4.41. The smallest absolute Gasteiger partial charge is 0.332 e. The lowest BCUT2D eigenvalue weighted by Crippen LogP contribution is -2.26. The van der Waals surface area contributed by atoms with E-state index in [0.717, 1.165) is 0 Å². The number of hydrogen-bond donors (Lipinski definition) is 1. The summed E-state index contributed by atoms with van der Waals surface area (Å²) in [6.07, 6.45) is -0.764. The monoisotopic (exact) mass is 320 g/mol. The van der Waals surface area contributed by atoms with E-state index in [0.29, 0.717) is 11.1 Å². The Balaban J connectivity index is 2.49. The average molecular weight is 321 g/mol. The van der Waals surface area contributed by atoms with Crippen molar-refractivity contribution in [1.82, 2.24) is 0 Å². The zero-order chi connectivity index (χ0) is 13.5. The molecule has 0 saturated heterocycles. The normalized spacial score (nSPS) is 12.2. The summed E-state index contributed by atoms with van der Waals surface area (Å²) in [4.78, 5) is 10.8. The predicted octanol–water partition coefficient (Wildman–Crippen LogP) is 2.85. The van der Waals surface area contributed by atoms with Crippen LogP contribution in [0.15, 0.2) is 22.7 Å². The van der Waals surface area contributed by atoms with Gasteiger partial charge in [-0.3, -0.25) is 0 Å². The van der Waals surface area contributed by atoms with Crippen LogP contribution >= 0.6 is 15.9 Å². The second-order valence-electron chi connectivity index (χ2n) is 3.49. The van der Waals surface area contributed by atoms with E-state index >= 15 is 0 Å². The van der Waals surface area contributed by atoms with Gasteiger partial charge in [-0.15, -0.1) is 0 Å². The molecule has 0 aliphatic heterocycles. The van der Waals surface area contributed by atoms with Crippen molar-refractivity contribution in [3.63, 3.8) is 0 Å². The van der Waals surface area contributed by atoms with Crippen LogP contribution in [0.2, 0.25) is 0 Å². The van der Waals surface area contributed by atoms with Crippen LogP contribution < -0.4 is 4.74 Å². The fourth-order valence-electron chi connectivity index (χ4n) is 1.34. The largest absolute Gasteiger partial charge is 0.490 e. The first-order valence-corrected chi connectivity index (χ1v) is 6.26. The van der Waals surface area contributed by atoms with Gasteiger partial charge in [0.15, 0.2) is 17.7 Å². The van der Waals surface area contributed by atoms with Gasteiger partial charge >= 0.3 is 5.97 Å². The van der Waals surface area contributed by atoms with Crippen LogP contribution in [0, 0.1) is 5.82 Å². The average Bonchev–Trinajstić information content (AvgIpc) is 2.32. The SMILES string of the molecule is CCOC(CCOc1cc(Br)ccc1F)C(=O)O. The summed E-state index contributed by atoms with van der Waals surface area (Å²) in [5.41, 5.74) is 0. The number of hydrogen-bond acceptors (Lipinski definition) is 3. The second kappa shape index (κ2) is 7.33. The quantitative estimate of drug-likeness (QED) is 0.839. The maximum atomic E-state index is 13.3. The van der Waals surface area contributed by atoms with Crippen LogP contribution in [0.25, 0.3) is 0 Å². The highest BCUT2D eigenvalue weighted by molar-refractivity contribution is 9.10. The molecule has 0 aromatic heterocycles.